The van der Waals surface area contributed by atoms with Crippen LogP contribution in [0.1, 0.15) is 153 Å². The first kappa shape index (κ1) is 66.0. The van der Waals surface area contributed by atoms with Crippen molar-refractivity contribution in [3.05, 3.63) is 105 Å². The molecule has 21 nitrogen and oxygen atoms in total. The van der Waals surface area contributed by atoms with E-state index < -0.39 is 97.1 Å². The molecule has 7 N–H and O–H groups in total. The number of hydrogen-bond acceptors (Lipinski definition) is 13. The third-order valence-corrected chi connectivity index (χ3v) is 20.4. The van der Waals surface area contributed by atoms with Gasteiger partial charge in [0.15, 0.2) is 0 Å². The van der Waals surface area contributed by atoms with E-state index in [0.29, 0.717) is 74.1 Å². The highest BCUT2D eigenvalue weighted by Crippen LogP contribution is 2.63. The fraction of sp³-hybridized carbons (Fsp3) is 0.516. The van der Waals surface area contributed by atoms with E-state index in [4.69, 9.17) is 5.73 Å². The molecule has 4 saturated heterocycles. The number of hydrogen-bond donors (Lipinski definition) is 6. The number of primary amides is 1. The minimum atomic E-state index is -5.40. The molecule has 1 aromatic heterocycles. The lowest BCUT2D eigenvalue weighted by Gasteiger charge is -2.38. The van der Waals surface area contributed by atoms with Gasteiger partial charge in [-0.2, -0.15) is 8.78 Å². The highest BCUT2D eigenvalue weighted by Gasteiger charge is 2.53. The van der Waals surface area contributed by atoms with Crippen LogP contribution in [0.15, 0.2) is 66.7 Å². The predicted molar refractivity (Wildman–Crippen MR) is 328 cm³/mol. The third-order valence-electron chi connectivity index (χ3n) is 17.7. The zero-order valence-electron chi connectivity index (χ0n) is 50.7. The van der Waals surface area contributed by atoms with E-state index in [9.17, 15) is 52.6 Å². The van der Waals surface area contributed by atoms with E-state index >= 15 is 8.78 Å². The molecule has 7 atom stereocenters. The van der Waals surface area contributed by atoms with Crippen molar-refractivity contribution >= 4 is 82.2 Å². The summed E-state index contributed by atoms with van der Waals surface area (Å²) >= 11 is 0.971. The van der Waals surface area contributed by atoms with E-state index in [1.165, 1.54) is 28.9 Å². The number of nitrogens with one attached hydrogen (secondary N) is 4. The Morgan fingerprint density at radius 1 is 0.899 bits per heavy atom. The van der Waals surface area contributed by atoms with Crippen LogP contribution in [0.3, 0.4) is 0 Å². The maximum atomic E-state index is 15.2. The summed E-state index contributed by atoms with van der Waals surface area (Å²) in [6.45, 7) is 11.2. The molecular weight excluding hydrogens is 1190 g/mol. The first-order chi connectivity index (χ1) is 42.3. The molecule has 0 spiro atoms. The lowest BCUT2D eigenvalue weighted by molar-refractivity contribution is -0.144. The number of imide groups is 1. The molecule has 0 bridgehead atoms. The number of thiophene rings is 1. The summed E-state index contributed by atoms with van der Waals surface area (Å²) in [6.07, 6.45) is 3.79. The van der Waals surface area contributed by atoms with E-state index in [1.54, 1.807) is 17.0 Å². The maximum absolute atomic E-state index is 15.2. The zero-order valence-corrected chi connectivity index (χ0v) is 52.5. The number of rotatable bonds is 20. The summed E-state index contributed by atoms with van der Waals surface area (Å²) in [4.78, 5) is 140. The van der Waals surface area contributed by atoms with Crippen LogP contribution >= 0.6 is 18.9 Å². The number of benzene rings is 3. The molecule has 9 rings (SSSR count). The number of fused-ring (bicyclic) bond motifs is 3. The second kappa shape index (κ2) is 27.8. The molecule has 4 fully saturated rings. The average molecular weight is 1270 g/mol. The van der Waals surface area contributed by atoms with Gasteiger partial charge in [0.2, 0.25) is 41.4 Å². The monoisotopic (exact) mass is 1270 g/mol. The summed E-state index contributed by atoms with van der Waals surface area (Å²) in [5, 5.41) is 11.1. The van der Waals surface area contributed by atoms with Gasteiger partial charge in [0.25, 0.3) is 11.8 Å². The van der Waals surface area contributed by atoms with Crippen LogP contribution in [0.4, 0.5) is 8.78 Å². The number of likely N-dealkylation sites (N-methyl/N-ethyl adjacent to an activating group) is 1. The Labute approximate surface area is 520 Å². The average Bonchev–Trinajstić information content (AvgIpc) is 2.05. The molecule has 0 radical (unpaired) electrons. The van der Waals surface area contributed by atoms with Crippen LogP contribution in [0.5, 0.6) is 0 Å². The summed E-state index contributed by atoms with van der Waals surface area (Å²) in [5.41, 5.74) is 4.21. The molecule has 3 aromatic carbocycles. The lowest BCUT2D eigenvalue weighted by atomic mass is 9.86. The highest BCUT2D eigenvalue weighted by molar-refractivity contribution is 7.53. The van der Waals surface area contributed by atoms with E-state index in [2.05, 4.69) is 58.4 Å². The van der Waals surface area contributed by atoms with Gasteiger partial charge in [-0.3, -0.25) is 53.0 Å². The van der Waals surface area contributed by atoms with Crippen molar-refractivity contribution in [1.29, 1.82) is 0 Å². The molecule has 0 saturated carbocycles. The van der Waals surface area contributed by atoms with Gasteiger partial charge in [-0.1, -0.05) is 75.9 Å². The number of alkyl halides is 2. The molecule has 9 amide bonds. The van der Waals surface area contributed by atoms with Crippen molar-refractivity contribution in [1.82, 2.24) is 40.9 Å². The SMILES string of the molecule is CCOP(=O)(O)C(F)(F)c1ccc2sc(C(=O)N[C@H]3CN(CC)CC[C@H]4CC[C@@H](C(=O)N[C@@H](CCC(N)=O)C(=O)N[C@@H](Cc5ccc(C(C)(C)C)cc5)C(=O)N5CCC(CCC#Cc6cccc7c6CN(C6CCC(=O)NC6=O)C7=O)CC5)N4C3=O)cc2c1. The second-order valence-electron chi connectivity index (χ2n) is 24.7. The molecule has 5 aliphatic rings. The maximum Gasteiger partial charge on any atom is 0.401 e. The largest absolute Gasteiger partial charge is 0.401 e. The molecular formula is C64H78F2N9O12PS. The van der Waals surface area contributed by atoms with Crippen LogP contribution in [-0.4, -0.2) is 153 Å². The van der Waals surface area contributed by atoms with Crippen LogP contribution < -0.4 is 27.0 Å². The van der Waals surface area contributed by atoms with Gasteiger partial charge in [-0.25, -0.2) is 0 Å². The smallest absolute Gasteiger partial charge is 0.370 e. The standard InChI is InChI=1S/C64H78F2N9O12PS/c1-6-72-30-29-44-20-22-51(75(44)62(84)49(37-72)70-59(81)53-35-41-34-43(19-24-52(41)89-53)64(65,66)88(85,86)87-7-2)58(80)68-47(21-25-54(67)76)56(78)69-48(33-39-15-17-42(18-16-39)63(3,4)5)61(83)73-31-27-38(28-32-73)11-8-9-12-40-13-10-14-45-46(40)36-74(60(45)82)50-23-26-55(77)71-57(50)79/h10,13-19,24,34-35,38,44,47-51H,6-8,11,20-23,25-33,36-37H2,1-5H3,(H2,67,76)(H,68,80)(H,69,78)(H,70,81)(H,85,86)(H,71,77,79)/t44-,47+,48+,49+,50?,51+/m1/s1. The number of halogens is 2. The molecule has 2 unspecified atom stereocenters. The van der Waals surface area contributed by atoms with Crippen molar-refractivity contribution < 1.29 is 65.9 Å². The summed E-state index contributed by atoms with van der Waals surface area (Å²) in [5.74, 6) is 1.93. The van der Waals surface area contributed by atoms with E-state index in [1.807, 2.05) is 42.2 Å². The Balaban J connectivity index is 0.866. The fourth-order valence-corrected chi connectivity index (χ4v) is 14.5. The van der Waals surface area contributed by atoms with E-state index in [-0.39, 0.29) is 90.9 Å². The van der Waals surface area contributed by atoms with Crippen LogP contribution in [0, 0.1) is 17.8 Å². The molecule has 4 aromatic rings. The Morgan fingerprint density at radius 2 is 1.63 bits per heavy atom. The van der Waals surface area contributed by atoms with Crippen molar-refractivity contribution in [3.63, 3.8) is 0 Å². The van der Waals surface area contributed by atoms with Crippen molar-refractivity contribution in [2.75, 3.05) is 39.3 Å². The molecule has 25 heteroatoms. The summed E-state index contributed by atoms with van der Waals surface area (Å²) in [7, 11) is -5.40. The number of likely N-dealkylation sites (tertiary alicyclic amines) is 1. The van der Waals surface area contributed by atoms with Gasteiger partial charge in [0.05, 0.1) is 11.5 Å². The number of carbonyl (C=O) groups is 9. The zero-order chi connectivity index (χ0) is 64.1. The van der Waals surface area contributed by atoms with Gasteiger partial charge in [-0.15, -0.1) is 11.3 Å². The minimum absolute atomic E-state index is 0.0738. The Morgan fingerprint density at radius 3 is 2.31 bits per heavy atom. The molecule has 6 heterocycles. The van der Waals surface area contributed by atoms with Gasteiger partial charge in [-0.05, 0) is 129 Å². The van der Waals surface area contributed by atoms with E-state index in [0.717, 1.165) is 46.6 Å². The molecule has 476 valence electrons. The third kappa shape index (κ3) is 15.1. The predicted octanol–water partition coefficient (Wildman–Crippen LogP) is 5.96. The van der Waals surface area contributed by atoms with Crippen molar-refractivity contribution in [3.8, 4) is 11.8 Å². The number of piperidine rings is 2. The van der Waals surface area contributed by atoms with Crippen molar-refractivity contribution in [2.24, 2.45) is 11.7 Å². The number of nitrogens with zero attached hydrogens (tertiary/aromatic N) is 4. The molecule has 5 aliphatic heterocycles. The van der Waals surface area contributed by atoms with Crippen LogP contribution in [0.25, 0.3) is 10.1 Å². The topological polar surface area (TPSA) is 287 Å². The van der Waals surface area contributed by atoms with Crippen LogP contribution in [0.2, 0.25) is 0 Å². The van der Waals surface area contributed by atoms with Gasteiger partial charge in [0, 0.05) is 85.8 Å². The van der Waals surface area contributed by atoms with Gasteiger partial charge >= 0.3 is 13.3 Å². The summed E-state index contributed by atoms with van der Waals surface area (Å²) < 4.78 is 47.8. The lowest BCUT2D eigenvalue weighted by Crippen LogP contribution is -2.62. The Hall–Kier alpha value is -7.42. The first-order valence-electron chi connectivity index (χ1n) is 30.5. The summed E-state index contributed by atoms with van der Waals surface area (Å²) in [6, 6.07) is 11.9. The normalized spacial score (nSPS) is 21.6. The number of carbonyl (C=O) groups excluding carboxylic acids is 9. The van der Waals surface area contributed by atoms with Gasteiger partial charge < -0.3 is 50.7 Å². The number of nitrogens with two attached hydrogens (primary N) is 1. The Bertz CT molecular complexity index is 3520. The van der Waals surface area contributed by atoms with Crippen LogP contribution in [-0.2, 0) is 66.7 Å². The Kier molecular flexibility index (Phi) is 20.6. The molecule has 89 heavy (non-hydrogen) atoms. The fourth-order valence-electron chi connectivity index (χ4n) is 12.6. The highest BCUT2D eigenvalue weighted by atomic mass is 32.1. The first-order valence-corrected chi connectivity index (χ1v) is 32.9. The second-order valence-corrected chi connectivity index (χ2v) is 27.6. The quantitative estimate of drug-likeness (QED) is 0.0339. The number of amides is 9. The van der Waals surface area contributed by atoms with Gasteiger partial charge in [0.1, 0.15) is 30.2 Å². The van der Waals surface area contributed by atoms with Crippen molar-refractivity contribution in [2.45, 2.75) is 166 Å². The minimum Gasteiger partial charge on any atom is -0.370 e. The molecule has 0 aliphatic carbocycles.